The van der Waals surface area contributed by atoms with Crippen molar-refractivity contribution in [1.29, 1.82) is 0 Å². The number of nitro groups is 1. The van der Waals surface area contributed by atoms with Crippen LogP contribution in [-0.2, 0) is 16.3 Å². The van der Waals surface area contributed by atoms with Crippen molar-refractivity contribution < 1.29 is 18.4 Å². The van der Waals surface area contributed by atoms with Gasteiger partial charge in [0.2, 0.25) is 0 Å². The van der Waals surface area contributed by atoms with E-state index in [1.807, 2.05) is 37.3 Å². The highest BCUT2D eigenvalue weighted by Crippen LogP contribution is 2.21. The first-order valence-corrected chi connectivity index (χ1v) is 10.7. The molecule has 0 aromatic heterocycles. The third-order valence-corrected chi connectivity index (χ3v) is 6.45. The number of rotatable bonds is 10. The number of nitro benzene ring substituents is 1. The van der Waals surface area contributed by atoms with E-state index in [0.29, 0.717) is 0 Å². The lowest BCUT2D eigenvalue weighted by atomic mass is 10.0. The van der Waals surface area contributed by atoms with Gasteiger partial charge in [0.25, 0.3) is 5.69 Å². The summed E-state index contributed by atoms with van der Waals surface area (Å²) in [6.07, 6.45) is 1.59. The molecule has 0 fully saturated rings. The second-order valence-corrected chi connectivity index (χ2v) is 9.18. The molecule has 0 saturated carbocycles. The highest BCUT2D eigenvalue weighted by Gasteiger charge is 2.30. The Kier molecular flexibility index (Phi) is 7.29. The molecule has 0 heterocycles. The molecular weight excluding hydrogens is 380 g/mol. The number of non-ortho nitro benzene ring substituents is 1. The summed E-state index contributed by atoms with van der Waals surface area (Å²) in [5.74, 6) is -0.532. The van der Waals surface area contributed by atoms with E-state index >= 15 is 0 Å². The average molecular weight is 407 g/mol. The van der Waals surface area contributed by atoms with Crippen molar-refractivity contribution in [2.24, 2.45) is 0 Å². The van der Waals surface area contributed by atoms with Crippen molar-refractivity contribution in [2.45, 2.75) is 43.2 Å². The minimum absolute atomic E-state index is 0.0898. The second kappa shape index (κ2) is 9.27. The van der Waals surface area contributed by atoms with Crippen LogP contribution in [0.3, 0.4) is 0 Å². The zero-order valence-corrected chi connectivity index (χ0v) is 16.9. The van der Waals surface area contributed by atoms with E-state index in [0.717, 1.165) is 24.5 Å². The summed E-state index contributed by atoms with van der Waals surface area (Å²) in [5, 5.41) is 24.7. The maximum Gasteiger partial charge on any atom is 0.270 e. The molecule has 2 aromatic carbocycles. The molecule has 0 radical (unpaired) electrons. The highest BCUT2D eigenvalue weighted by atomic mass is 32.2. The standard InChI is InChI=1S/C20H26N2O5S/c1-3-17(12-16-8-5-4-6-9-16)21-14-20(2,23)15-28(26,27)19-11-7-10-18(13-19)22(24)25/h4-11,13,17,21,23H,3,12,14-15H2,1-2H3/t17?,20-/m1/s1. The summed E-state index contributed by atoms with van der Waals surface area (Å²) in [6.45, 7) is 3.56. The molecule has 0 aliphatic carbocycles. The molecule has 0 aliphatic heterocycles. The van der Waals surface area contributed by atoms with Crippen LogP contribution in [0.2, 0.25) is 0 Å². The van der Waals surface area contributed by atoms with Crippen LogP contribution in [0.25, 0.3) is 0 Å². The van der Waals surface area contributed by atoms with Gasteiger partial charge in [0.15, 0.2) is 9.84 Å². The fourth-order valence-corrected chi connectivity index (χ4v) is 4.63. The molecule has 0 amide bonds. The van der Waals surface area contributed by atoms with Crippen molar-refractivity contribution in [1.82, 2.24) is 5.32 Å². The maximum atomic E-state index is 12.6. The number of nitrogens with zero attached hydrogens (tertiary/aromatic N) is 1. The molecule has 28 heavy (non-hydrogen) atoms. The fourth-order valence-electron chi connectivity index (χ4n) is 2.96. The van der Waals surface area contributed by atoms with Crippen LogP contribution in [0.1, 0.15) is 25.8 Å². The van der Waals surface area contributed by atoms with E-state index in [1.54, 1.807) is 0 Å². The maximum absolute atomic E-state index is 12.6. The third-order valence-electron chi connectivity index (χ3n) is 4.48. The van der Waals surface area contributed by atoms with Gasteiger partial charge in [0, 0.05) is 24.7 Å². The van der Waals surface area contributed by atoms with Gasteiger partial charge in [-0.3, -0.25) is 10.1 Å². The van der Waals surface area contributed by atoms with E-state index in [1.165, 1.54) is 25.1 Å². The molecule has 7 nitrogen and oxygen atoms in total. The van der Waals surface area contributed by atoms with Gasteiger partial charge >= 0.3 is 0 Å². The minimum Gasteiger partial charge on any atom is -0.388 e. The van der Waals surface area contributed by atoms with Crippen LogP contribution in [0.5, 0.6) is 0 Å². The molecule has 2 N–H and O–H groups in total. The predicted octanol–water partition coefficient (Wildman–Crippen LogP) is 2.73. The first kappa shape index (κ1) is 22.0. The van der Waals surface area contributed by atoms with Crippen LogP contribution in [0, 0.1) is 10.1 Å². The molecule has 0 aliphatic rings. The number of aliphatic hydroxyl groups is 1. The number of hydrogen-bond acceptors (Lipinski definition) is 6. The van der Waals surface area contributed by atoms with Gasteiger partial charge < -0.3 is 10.4 Å². The summed E-state index contributed by atoms with van der Waals surface area (Å²) >= 11 is 0. The predicted molar refractivity (Wildman–Crippen MR) is 108 cm³/mol. The Hall–Kier alpha value is -2.29. The lowest BCUT2D eigenvalue weighted by molar-refractivity contribution is -0.385. The molecule has 1 unspecified atom stereocenters. The van der Waals surface area contributed by atoms with Crippen LogP contribution in [0.4, 0.5) is 5.69 Å². The van der Waals surface area contributed by atoms with Crippen LogP contribution >= 0.6 is 0 Å². The quantitative estimate of drug-likeness (QED) is 0.464. The number of hydrogen-bond donors (Lipinski definition) is 2. The summed E-state index contributed by atoms with van der Waals surface area (Å²) < 4.78 is 25.2. The van der Waals surface area contributed by atoms with Crippen molar-refractivity contribution in [2.75, 3.05) is 12.3 Å². The van der Waals surface area contributed by atoms with Gasteiger partial charge in [-0.25, -0.2) is 8.42 Å². The fraction of sp³-hybridized carbons (Fsp3) is 0.400. The van der Waals surface area contributed by atoms with Gasteiger partial charge in [-0.2, -0.15) is 0 Å². The molecule has 2 atom stereocenters. The lowest BCUT2D eigenvalue weighted by Crippen LogP contribution is -2.47. The molecule has 0 saturated heterocycles. The first-order chi connectivity index (χ1) is 13.1. The second-order valence-electron chi connectivity index (χ2n) is 7.19. The van der Waals surface area contributed by atoms with E-state index < -0.39 is 26.1 Å². The highest BCUT2D eigenvalue weighted by molar-refractivity contribution is 7.91. The molecule has 0 bridgehead atoms. The third kappa shape index (κ3) is 6.40. The Morgan fingerprint density at radius 2 is 1.86 bits per heavy atom. The Bertz CT molecular complexity index is 898. The summed E-state index contributed by atoms with van der Waals surface area (Å²) in [7, 11) is -3.88. The van der Waals surface area contributed by atoms with Crippen LogP contribution in [0.15, 0.2) is 59.5 Å². The van der Waals surface area contributed by atoms with Gasteiger partial charge in [-0.1, -0.05) is 43.3 Å². The number of sulfone groups is 1. The van der Waals surface area contributed by atoms with Gasteiger partial charge in [0.1, 0.15) is 0 Å². The number of nitrogens with one attached hydrogen (secondary N) is 1. The minimum atomic E-state index is -3.88. The van der Waals surface area contributed by atoms with Crippen LogP contribution in [-0.4, -0.2) is 42.4 Å². The lowest BCUT2D eigenvalue weighted by Gasteiger charge is -2.27. The summed E-state index contributed by atoms with van der Waals surface area (Å²) in [5.41, 5.74) is -0.661. The summed E-state index contributed by atoms with van der Waals surface area (Å²) in [6, 6.07) is 14.9. The van der Waals surface area contributed by atoms with Crippen molar-refractivity contribution >= 4 is 15.5 Å². The Morgan fingerprint density at radius 1 is 1.18 bits per heavy atom. The smallest absolute Gasteiger partial charge is 0.270 e. The molecule has 0 spiro atoms. The first-order valence-electron chi connectivity index (χ1n) is 9.10. The molecule has 2 aromatic rings. The topological polar surface area (TPSA) is 110 Å². The van der Waals surface area contributed by atoms with Gasteiger partial charge in [-0.05, 0) is 31.4 Å². The zero-order valence-electron chi connectivity index (χ0n) is 16.0. The molecule has 2 rings (SSSR count). The number of benzene rings is 2. The van der Waals surface area contributed by atoms with Crippen molar-refractivity contribution in [3.8, 4) is 0 Å². The van der Waals surface area contributed by atoms with E-state index in [4.69, 9.17) is 0 Å². The molecule has 152 valence electrons. The SMILES string of the molecule is CCC(Cc1ccccc1)NC[C@@](C)(O)CS(=O)(=O)c1cccc([N+](=O)[O-])c1. The van der Waals surface area contributed by atoms with E-state index in [9.17, 15) is 23.6 Å². The van der Waals surface area contributed by atoms with Crippen molar-refractivity contribution in [3.05, 3.63) is 70.3 Å². The summed E-state index contributed by atoms with van der Waals surface area (Å²) in [4.78, 5) is 10.1. The average Bonchev–Trinajstić information content (AvgIpc) is 2.65. The van der Waals surface area contributed by atoms with Gasteiger partial charge in [0.05, 0.1) is 21.2 Å². The van der Waals surface area contributed by atoms with Gasteiger partial charge in [-0.15, -0.1) is 0 Å². The normalized spacial score (nSPS) is 15.0. The Morgan fingerprint density at radius 3 is 2.46 bits per heavy atom. The van der Waals surface area contributed by atoms with Crippen molar-refractivity contribution in [3.63, 3.8) is 0 Å². The Labute approximate surface area is 165 Å². The van der Waals surface area contributed by atoms with E-state index in [-0.39, 0.29) is 23.2 Å². The molecule has 8 heteroatoms. The zero-order chi connectivity index (χ0) is 20.8. The Balaban J connectivity index is 2.03. The largest absolute Gasteiger partial charge is 0.388 e. The monoisotopic (exact) mass is 406 g/mol. The van der Waals surface area contributed by atoms with E-state index in [2.05, 4.69) is 5.32 Å². The molecular formula is C20H26N2O5S. The van der Waals surface area contributed by atoms with Crippen LogP contribution < -0.4 is 5.32 Å².